The van der Waals surface area contributed by atoms with Crippen molar-refractivity contribution in [2.24, 2.45) is 11.8 Å². The Morgan fingerprint density at radius 2 is 1.79 bits per heavy atom. The molecule has 0 radical (unpaired) electrons. The van der Waals surface area contributed by atoms with Crippen LogP contribution in [0.25, 0.3) is 0 Å². The molecule has 5 nitrogen and oxygen atoms in total. The minimum atomic E-state index is -0.927. The van der Waals surface area contributed by atoms with Gasteiger partial charge in [0, 0.05) is 25.2 Å². The Kier molecular flexibility index (Phi) is 4.01. The molecule has 0 spiro atoms. The van der Waals surface area contributed by atoms with Crippen molar-refractivity contribution in [2.45, 2.75) is 49.8 Å². The molecule has 3 fully saturated rings. The number of benzene rings is 1. The van der Waals surface area contributed by atoms with Gasteiger partial charge in [0.1, 0.15) is 0 Å². The predicted molar refractivity (Wildman–Crippen MR) is 90.7 cm³/mol. The van der Waals surface area contributed by atoms with Crippen molar-refractivity contribution in [1.29, 1.82) is 0 Å². The van der Waals surface area contributed by atoms with Gasteiger partial charge in [-0.3, -0.25) is 4.90 Å². The summed E-state index contributed by atoms with van der Waals surface area (Å²) in [6.45, 7) is 1.76. The summed E-state index contributed by atoms with van der Waals surface area (Å²) in [6, 6.07) is 10.7. The molecule has 1 heterocycles. The zero-order chi connectivity index (χ0) is 16.7. The lowest BCUT2D eigenvalue weighted by Gasteiger charge is -2.45. The number of carboxylic acid groups (broad SMARTS) is 1. The first-order chi connectivity index (χ1) is 11.6. The van der Waals surface area contributed by atoms with E-state index in [-0.39, 0.29) is 6.04 Å². The highest BCUT2D eigenvalue weighted by Crippen LogP contribution is 2.56. The van der Waals surface area contributed by atoms with Crippen molar-refractivity contribution in [3.8, 4) is 0 Å². The fourth-order valence-electron chi connectivity index (χ4n) is 5.41. The van der Waals surface area contributed by atoms with Crippen LogP contribution in [-0.4, -0.2) is 46.4 Å². The fourth-order valence-corrected chi connectivity index (χ4v) is 5.41. The van der Waals surface area contributed by atoms with Crippen LogP contribution in [-0.2, 0) is 5.60 Å². The standard InChI is InChI=1S/C19H26N2O3/c22-18(23)20-16-8-9-21(12-16)17-10-14-6-7-15(11-17)19(14,24)13-4-2-1-3-5-13/h1-5,14-17,20,24H,6-12H2,(H,22,23). The van der Waals surface area contributed by atoms with Crippen LogP contribution >= 0.6 is 0 Å². The van der Waals surface area contributed by atoms with E-state index >= 15 is 0 Å². The molecule has 2 saturated carbocycles. The maximum atomic E-state index is 11.5. The topological polar surface area (TPSA) is 72.8 Å². The average molecular weight is 330 g/mol. The molecule has 1 aromatic rings. The molecule has 0 aromatic heterocycles. The molecule has 130 valence electrons. The molecule has 4 rings (SSSR count). The fraction of sp³-hybridized carbons (Fsp3) is 0.632. The maximum absolute atomic E-state index is 11.5. The summed E-state index contributed by atoms with van der Waals surface area (Å²) in [5.74, 6) is 0.630. The van der Waals surface area contributed by atoms with E-state index in [1.807, 2.05) is 18.2 Å². The van der Waals surface area contributed by atoms with Gasteiger partial charge in [-0.15, -0.1) is 0 Å². The number of nitrogens with one attached hydrogen (secondary N) is 1. The van der Waals surface area contributed by atoms with Crippen molar-refractivity contribution in [3.63, 3.8) is 0 Å². The number of nitrogens with zero attached hydrogens (tertiary/aromatic N) is 1. The van der Waals surface area contributed by atoms with Crippen molar-refractivity contribution < 1.29 is 15.0 Å². The van der Waals surface area contributed by atoms with E-state index in [0.29, 0.717) is 17.9 Å². The van der Waals surface area contributed by atoms with Crippen LogP contribution in [0.15, 0.2) is 30.3 Å². The molecular formula is C19H26N2O3. The predicted octanol–water partition coefficient (Wildman–Crippen LogP) is 2.40. The van der Waals surface area contributed by atoms with Gasteiger partial charge in [0.05, 0.1) is 5.60 Å². The number of hydrogen-bond acceptors (Lipinski definition) is 3. The quantitative estimate of drug-likeness (QED) is 0.796. The highest BCUT2D eigenvalue weighted by molar-refractivity contribution is 5.64. The molecule has 5 heteroatoms. The van der Waals surface area contributed by atoms with Crippen LogP contribution in [0.4, 0.5) is 4.79 Å². The van der Waals surface area contributed by atoms with Crippen molar-refractivity contribution >= 4 is 6.09 Å². The Balaban J connectivity index is 1.46. The largest absolute Gasteiger partial charge is 0.465 e. The van der Waals surface area contributed by atoms with Gasteiger partial charge in [0.15, 0.2) is 0 Å². The molecule has 1 aromatic carbocycles. The molecule has 3 unspecified atom stereocenters. The molecular weight excluding hydrogens is 304 g/mol. The van der Waals surface area contributed by atoms with E-state index in [2.05, 4.69) is 22.3 Å². The first-order valence-electron chi connectivity index (χ1n) is 9.08. The van der Waals surface area contributed by atoms with Gasteiger partial charge in [-0.2, -0.15) is 0 Å². The lowest BCUT2D eigenvalue weighted by molar-refractivity contribution is -0.0855. The SMILES string of the molecule is O=C(O)NC1CCN(C2CC3CCC(C2)C3(O)c2ccccc2)C1. The van der Waals surface area contributed by atoms with E-state index in [4.69, 9.17) is 5.11 Å². The third kappa shape index (κ3) is 2.60. The third-order valence-corrected chi connectivity index (χ3v) is 6.52. The number of hydrogen-bond donors (Lipinski definition) is 3. The number of rotatable bonds is 3. The molecule has 3 aliphatic rings. The Bertz CT molecular complexity index is 592. The van der Waals surface area contributed by atoms with Gasteiger partial charge in [0.25, 0.3) is 0 Å². The smallest absolute Gasteiger partial charge is 0.404 e. The number of fused-ring (bicyclic) bond motifs is 2. The normalized spacial score (nSPS) is 39.0. The summed E-state index contributed by atoms with van der Waals surface area (Å²) in [5.41, 5.74) is 0.402. The summed E-state index contributed by atoms with van der Waals surface area (Å²) in [5, 5.41) is 23.0. The van der Waals surface area contributed by atoms with Gasteiger partial charge >= 0.3 is 6.09 Å². The second-order valence-electron chi connectivity index (χ2n) is 7.72. The summed E-state index contributed by atoms with van der Waals surface area (Å²) < 4.78 is 0. The van der Waals surface area contributed by atoms with Crippen molar-refractivity contribution in [1.82, 2.24) is 10.2 Å². The van der Waals surface area contributed by atoms with Gasteiger partial charge in [-0.25, -0.2) is 4.79 Å². The first-order valence-corrected chi connectivity index (χ1v) is 9.08. The van der Waals surface area contributed by atoms with Crippen LogP contribution in [0.2, 0.25) is 0 Å². The second kappa shape index (κ2) is 6.05. The molecule has 1 aliphatic heterocycles. The minimum absolute atomic E-state index is 0.0510. The average Bonchev–Trinajstić information content (AvgIpc) is 3.06. The van der Waals surface area contributed by atoms with Crippen LogP contribution in [0.5, 0.6) is 0 Å². The highest BCUT2D eigenvalue weighted by Gasteiger charge is 2.55. The van der Waals surface area contributed by atoms with Crippen molar-refractivity contribution in [2.75, 3.05) is 13.1 Å². The van der Waals surface area contributed by atoms with E-state index in [1.54, 1.807) is 0 Å². The Morgan fingerprint density at radius 3 is 2.42 bits per heavy atom. The monoisotopic (exact) mass is 330 g/mol. The summed E-state index contributed by atoms with van der Waals surface area (Å²) in [4.78, 5) is 13.3. The number of amides is 1. The van der Waals surface area contributed by atoms with Crippen LogP contribution in [0.3, 0.4) is 0 Å². The first kappa shape index (κ1) is 15.9. The lowest BCUT2D eigenvalue weighted by Crippen LogP contribution is -2.49. The number of carbonyl (C=O) groups is 1. The number of likely N-dealkylation sites (tertiary alicyclic amines) is 1. The third-order valence-electron chi connectivity index (χ3n) is 6.52. The zero-order valence-corrected chi connectivity index (χ0v) is 13.9. The minimum Gasteiger partial charge on any atom is -0.465 e. The van der Waals surface area contributed by atoms with Crippen molar-refractivity contribution in [3.05, 3.63) is 35.9 Å². The van der Waals surface area contributed by atoms with Gasteiger partial charge in [-0.1, -0.05) is 30.3 Å². The Morgan fingerprint density at radius 1 is 1.12 bits per heavy atom. The highest BCUT2D eigenvalue weighted by atomic mass is 16.4. The molecule has 3 N–H and O–H groups in total. The summed E-state index contributed by atoms with van der Waals surface area (Å²) >= 11 is 0. The van der Waals surface area contributed by atoms with E-state index in [9.17, 15) is 9.90 Å². The zero-order valence-electron chi connectivity index (χ0n) is 13.9. The van der Waals surface area contributed by atoms with Gasteiger partial charge in [0.2, 0.25) is 0 Å². The molecule has 2 bridgehead atoms. The molecule has 2 aliphatic carbocycles. The van der Waals surface area contributed by atoms with E-state index < -0.39 is 11.7 Å². The summed E-state index contributed by atoms with van der Waals surface area (Å²) in [7, 11) is 0. The molecule has 24 heavy (non-hydrogen) atoms. The number of aliphatic hydroxyl groups is 1. The van der Waals surface area contributed by atoms with Crippen LogP contribution in [0, 0.1) is 11.8 Å². The molecule has 1 saturated heterocycles. The van der Waals surface area contributed by atoms with E-state index in [1.165, 1.54) is 0 Å². The van der Waals surface area contributed by atoms with Crippen LogP contribution in [0.1, 0.15) is 37.7 Å². The maximum Gasteiger partial charge on any atom is 0.404 e. The van der Waals surface area contributed by atoms with Gasteiger partial charge in [-0.05, 0) is 49.5 Å². The lowest BCUT2D eigenvalue weighted by atomic mass is 9.68. The second-order valence-corrected chi connectivity index (χ2v) is 7.72. The summed E-state index contributed by atoms with van der Waals surface area (Å²) in [6.07, 6.45) is 4.18. The Hall–Kier alpha value is -1.59. The van der Waals surface area contributed by atoms with Gasteiger partial charge < -0.3 is 15.5 Å². The van der Waals surface area contributed by atoms with E-state index in [0.717, 1.165) is 50.8 Å². The molecule has 3 atom stereocenters. The Labute approximate surface area is 142 Å². The molecule has 1 amide bonds. The van der Waals surface area contributed by atoms with Crippen LogP contribution < -0.4 is 5.32 Å².